The van der Waals surface area contributed by atoms with Crippen LogP contribution in [0, 0.1) is 0 Å². The molecule has 1 aromatic heterocycles. The predicted molar refractivity (Wildman–Crippen MR) is 81.2 cm³/mol. The van der Waals surface area contributed by atoms with Gasteiger partial charge in [-0.15, -0.1) is 11.3 Å². The van der Waals surface area contributed by atoms with Crippen LogP contribution >= 0.6 is 27.3 Å². The zero-order valence-corrected chi connectivity index (χ0v) is 12.8. The highest BCUT2D eigenvalue weighted by molar-refractivity contribution is 9.11. The van der Waals surface area contributed by atoms with Gasteiger partial charge in [0.15, 0.2) is 0 Å². The molecule has 2 rings (SSSR count). The van der Waals surface area contributed by atoms with E-state index in [2.05, 4.69) is 32.3 Å². The first kappa shape index (κ1) is 13.6. The molecule has 1 heterocycles. The number of para-hydroxylation sites is 1. The monoisotopic (exact) mass is 325 g/mol. The average molecular weight is 326 g/mol. The first-order valence-electron chi connectivity index (χ1n) is 5.79. The van der Waals surface area contributed by atoms with Crippen molar-refractivity contribution < 1.29 is 5.11 Å². The fraction of sp³-hybridized carbons (Fsp3) is 0.286. The standard InChI is InChI=1S/C14H16BrNOS/c1-10(17)12-5-3-4-6-13(12)16(2)8-11-7-14(15)18-9-11/h3-7,9-10,17H,8H2,1-2H3. The first-order valence-corrected chi connectivity index (χ1v) is 7.46. The van der Waals surface area contributed by atoms with Gasteiger partial charge in [0, 0.05) is 24.8 Å². The average Bonchev–Trinajstić information content (AvgIpc) is 2.74. The second-order valence-corrected chi connectivity index (χ2v) is 6.64. The third kappa shape index (κ3) is 3.13. The highest BCUT2D eigenvalue weighted by Crippen LogP contribution is 2.28. The molecule has 0 aliphatic carbocycles. The van der Waals surface area contributed by atoms with Crippen LogP contribution in [0.15, 0.2) is 39.5 Å². The molecule has 0 spiro atoms. The summed E-state index contributed by atoms with van der Waals surface area (Å²) in [5.41, 5.74) is 3.32. The SMILES string of the molecule is CC(O)c1ccccc1N(C)Cc1csc(Br)c1. The van der Waals surface area contributed by atoms with E-state index in [0.717, 1.165) is 21.6 Å². The summed E-state index contributed by atoms with van der Waals surface area (Å²) in [6.45, 7) is 2.64. The molecule has 0 bridgehead atoms. The maximum Gasteiger partial charge on any atom is 0.0781 e. The van der Waals surface area contributed by atoms with Crippen LogP contribution in [0.1, 0.15) is 24.2 Å². The molecule has 1 unspecified atom stereocenters. The maximum absolute atomic E-state index is 9.79. The molecule has 96 valence electrons. The van der Waals surface area contributed by atoms with Crippen LogP contribution in [0.3, 0.4) is 0 Å². The lowest BCUT2D eigenvalue weighted by atomic mass is 10.1. The molecule has 18 heavy (non-hydrogen) atoms. The molecule has 0 saturated heterocycles. The third-order valence-electron chi connectivity index (χ3n) is 2.84. The largest absolute Gasteiger partial charge is 0.389 e. The summed E-state index contributed by atoms with van der Waals surface area (Å²) in [7, 11) is 2.05. The van der Waals surface area contributed by atoms with Crippen LogP contribution in [0.25, 0.3) is 0 Å². The Hall–Kier alpha value is -0.840. The van der Waals surface area contributed by atoms with Crippen LogP contribution in [-0.4, -0.2) is 12.2 Å². The van der Waals surface area contributed by atoms with Crippen LogP contribution in [0.4, 0.5) is 5.69 Å². The number of hydrogen-bond donors (Lipinski definition) is 1. The van der Waals surface area contributed by atoms with Crippen molar-refractivity contribution in [1.82, 2.24) is 0 Å². The topological polar surface area (TPSA) is 23.5 Å². The van der Waals surface area contributed by atoms with E-state index < -0.39 is 6.10 Å². The van der Waals surface area contributed by atoms with Crippen molar-refractivity contribution >= 4 is 33.0 Å². The Morgan fingerprint density at radius 2 is 2.11 bits per heavy atom. The minimum atomic E-state index is -0.446. The third-order valence-corrected chi connectivity index (χ3v) is 4.39. The van der Waals surface area contributed by atoms with Gasteiger partial charge in [0.1, 0.15) is 0 Å². The molecule has 1 N–H and O–H groups in total. The summed E-state index contributed by atoms with van der Waals surface area (Å²) < 4.78 is 1.15. The number of hydrogen-bond acceptors (Lipinski definition) is 3. The van der Waals surface area contributed by atoms with Crippen LogP contribution in [-0.2, 0) is 6.54 Å². The van der Waals surface area contributed by atoms with Gasteiger partial charge in [-0.3, -0.25) is 0 Å². The number of nitrogens with zero attached hydrogens (tertiary/aromatic N) is 1. The van der Waals surface area contributed by atoms with E-state index in [4.69, 9.17) is 0 Å². The summed E-state index contributed by atoms with van der Waals surface area (Å²) in [4.78, 5) is 2.16. The van der Waals surface area contributed by atoms with Crippen LogP contribution in [0.2, 0.25) is 0 Å². The fourth-order valence-electron chi connectivity index (χ4n) is 1.98. The number of thiophene rings is 1. The lowest BCUT2D eigenvalue weighted by Crippen LogP contribution is -2.18. The van der Waals surface area contributed by atoms with Crippen molar-refractivity contribution in [2.45, 2.75) is 19.6 Å². The predicted octanol–water partition coefficient (Wildman–Crippen LogP) is 4.20. The molecule has 4 heteroatoms. The van der Waals surface area contributed by atoms with Gasteiger partial charge >= 0.3 is 0 Å². The van der Waals surface area contributed by atoms with Gasteiger partial charge in [0.25, 0.3) is 0 Å². The van der Waals surface area contributed by atoms with E-state index in [0.29, 0.717) is 0 Å². The molecule has 0 fully saturated rings. The number of benzene rings is 1. The number of rotatable bonds is 4. The zero-order chi connectivity index (χ0) is 13.1. The fourth-order valence-corrected chi connectivity index (χ4v) is 3.18. The Balaban J connectivity index is 2.20. The Labute approximate surface area is 120 Å². The zero-order valence-electron chi connectivity index (χ0n) is 10.4. The number of aliphatic hydroxyl groups is 1. The van der Waals surface area contributed by atoms with E-state index in [1.165, 1.54) is 5.56 Å². The molecule has 1 aromatic carbocycles. The van der Waals surface area contributed by atoms with Crippen molar-refractivity contribution in [1.29, 1.82) is 0 Å². The second kappa shape index (κ2) is 5.87. The Bertz CT molecular complexity index is 524. The lowest BCUT2D eigenvalue weighted by molar-refractivity contribution is 0.199. The Morgan fingerprint density at radius 3 is 2.72 bits per heavy atom. The molecule has 0 aliphatic heterocycles. The second-order valence-electron chi connectivity index (χ2n) is 4.35. The lowest BCUT2D eigenvalue weighted by Gasteiger charge is -2.23. The molecular weight excluding hydrogens is 310 g/mol. The van der Waals surface area contributed by atoms with E-state index in [9.17, 15) is 5.11 Å². The highest BCUT2D eigenvalue weighted by atomic mass is 79.9. The molecular formula is C14H16BrNOS. The Morgan fingerprint density at radius 1 is 1.39 bits per heavy atom. The van der Waals surface area contributed by atoms with Gasteiger partial charge < -0.3 is 10.0 Å². The van der Waals surface area contributed by atoms with E-state index >= 15 is 0 Å². The summed E-state index contributed by atoms with van der Waals surface area (Å²) in [5, 5.41) is 11.9. The van der Waals surface area contributed by atoms with Crippen molar-refractivity contribution in [2.24, 2.45) is 0 Å². The summed E-state index contributed by atoms with van der Waals surface area (Å²) in [6.07, 6.45) is -0.446. The Kier molecular flexibility index (Phi) is 4.43. The quantitative estimate of drug-likeness (QED) is 0.910. The van der Waals surface area contributed by atoms with Gasteiger partial charge in [-0.05, 0) is 45.9 Å². The van der Waals surface area contributed by atoms with Gasteiger partial charge in [-0.25, -0.2) is 0 Å². The summed E-state index contributed by atoms with van der Waals surface area (Å²) in [5.74, 6) is 0. The maximum atomic E-state index is 9.79. The first-order chi connectivity index (χ1) is 8.58. The smallest absolute Gasteiger partial charge is 0.0781 e. The molecule has 0 amide bonds. The summed E-state index contributed by atoms with van der Waals surface area (Å²) in [6, 6.07) is 10.1. The molecule has 0 saturated carbocycles. The summed E-state index contributed by atoms with van der Waals surface area (Å²) >= 11 is 5.17. The van der Waals surface area contributed by atoms with Crippen LogP contribution in [0.5, 0.6) is 0 Å². The van der Waals surface area contributed by atoms with Crippen LogP contribution < -0.4 is 4.90 Å². The molecule has 0 aliphatic rings. The van der Waals surface area contributed by atoms with Crippen molar-refractivity contribution in [2.75, 3.05) is 11.9 Å². The highest BCUT2D eigenvalue weighted by Gasteiger charge is 2.11. The van der Waals surface area contributed by atoms with E-state index in [1.54, 1.807) is 18.3 Å². The van der Waals surface area contributed by atoms with Gasteiger partial charge in [-0.1, -0.05) is 18.2 Å². The van der Waals surface area contributed by atoms with Gasteiger partial charge in [0.05, 0.1) is 9.89 Å². The van der Waals surface area contributed by atoms with Crippen molar-refractivity contribution in [3.63, 3.8) is 0 Å². The molecule has 2 nitrogen and oxygen atoms in total. The molecule has 1 atom stereocenters. The van der Waals surface area contributed by atoms with E-state index in [1.807, 2.05) is 31.3 Å². The molecule has 2 aromatic rings. The van der Waals surface area contributed by atoms with Gasteiger partial charge in [-0.2, -0.15) is 0 Å². The van der Waals surface area contributed by atoms with Crippen molar-refractivity contribution in [3.8, 4) is 0 Å². The van der Waals surface area contributed by atoms with Gasteiger partial charge in [0.2, 0.25) is 0 Å². The number of aliphatic hydroxyl groups excluding tert-OH is 1. The normalized spacial score (nSPS) is 12.4. The van der Waals surface area contributed by atoms with Crippen molar-refractivity contribution in [3.05, 3.63) is 50.6 Å². The van der Waals surface area contributed by atoms with E-state index in [-0.39, 0.29) is 0 Å². The minimum absolute atomic E-state index is 0.446. The molecule has 0 radical (unpaired) electrons. The number of halogens is 1. The minimum Gasteiger partial charge on any atom is -0.389 e. The number of anilines is 1.